The quantitative estimate of drug-likeness (QED) is 0.0799. The molecule has 350 valence electrons. The number of amides is 2. The summed E-state index contributed by atoms with van der Waals surface area (Å²) in [5.74, 6) is 1.14. The van der Waals surface area contributed by atoms with Crippen molar-refractivity contribution in [2.75, 3.05) is 14.2 Å². The number of hydrogen-bond acceptors (Lipinski definition) is 10. The Balaban J connectivity index is 0.000000202. The predicted octanol–water partition coefficient (Wildman–Crippen LogP) is 10.8. The lowest BCUT2D eigenvalue weighted by Crippen LogP contribution is -2.53. The van der Waals surface area contributed by atoms with E-state index in [1.165, 1.54) is 14.2 Å². The Labute approximate surface area is 398 Å². The topological polar surface area (TPSA) is 148 Å². The van der Waals surface area contributed by atoms with Crippen molar-refractivity contribution in [3.63, 3.8) is 0 Å². The van der Waals surface area contributed by atoms with Gasteiger partial charge in [0.2, 0.25) is 0 Å². The average molecular weight is 966 g/mol. The Bertz CT molecular complexity index is 2240. The third kappa shape index (κ3) is 13.5. The zero-order chi connectivity index (χ0) is 48.0. The lowest BCUT2D eigenvalue weighted by atomic mass is 9.90. The lowest BCUT2D eigenvalue weighted by Gasteiger charge is -2.32. The summed E-state index contributed by atoms with van der Waals surface area (Å²) in [6.45, 7) is 15.8. The van der Waals surface area contributed by atoms with Crippen molar-refractivity contribution < 1.29 is 47.4 Å². The summed E-state index contributed by atoms with van der Waals surface area (Å²) in [5, 5.41) is 5.56. The summed E-state index contributed by atoms with van der Waals surface area (Å²) in [7, 11) is 2.43. The number of methoxy groups -OCH3 is 2. The van der Waals surface area contributed by atoms with E-state index in [9.17, 15) is 19.2 Å². The molecule has 0 spiro atoms. The maximum atomic E-state index is 12.5. The third-order valence-electron chi connectivity index (χ3n) is 12.7. The molecule has 1 saturated heterocycles. The van der Waals surface area contributed by atoms with Crippen molar-refractivity contribution in [2.45, 2.75) is 114 Å². The largest absolute Gasteiger partial charge is 0.486 e. The van der Waals surface area contributed by atoms with Gasteiger partial charge in [0.1, 0.15) is 24.3 Å². The van der Waals surface area contributed by atoms with Gasteiger partial charge in [-0.25, -0.2) is 19.2 Å². The molecule has 7 rings (SSSR count). The molecule has 0 aromatic heterocycles. The number of rotatable bonds is 12. The molecule has 3 aliphatic rings. The summed E-state index contributed by atoms with van der Waals surface area (Å²) in [5.41, 5.74) is 2.51. The second kappa shape index (κ2) is 23.2. The molecule has 2 aliphatic carbocycles. The van der Waals surface area contributed by atoms with Gasteiger partial charge in [0.25, 0.3) is 0 Å². The number of hydrogen-bond donors (Lipinski definition) is 2. The van der Waals surface area contributed by atoms with E-state index in [1.54, 1.807) is 12.1 Å². The minimum Gasteiger partial charge on any atom is -0.467 e. The molecule has 2 amide bonds. The van der Waals surface area contributed by atoms with Crippen LogP contribution in [0.25, 0.3) is 6.08 Å². The first-order valence-electron chi connectivity index (χ1n) is 22.1. The normalized spacial score (nSPS) is 22.2. The molecule has 4 aromatic carbocycles. The molecule has 12 nitrogen and oxygen atoms in total. The van der Waals surface area contributed by atoms with E-state index < -0.39 is 35.2 Å². The fourth-order valence-electron chi connectivity index (χ4n) is 8.28. The number of esters is 2. The van der Waals surface area contributed by atoms with Crippen LogP contribution in [-0.2, 0) is 51.1 Å². The summed E-state index contributed by atoms with van der Waals surface area (Å²) in [6, 6.07) is 35.0. The van der Waals surface area contributed by atoms with Gasteiger partial charge < -0.3 is 38.9 Å². The van der Waals surface area contributed by atoms with Gasteiger partial charge in [-0.15, -0.1) is 6.58 Å². The van der Waals surface area contributed by atoms with Crippen LogP contribution in [0.15, 0.2) is 133 Å². The van der Waals surface area contributed by atoms with Crippen molar-refractivity contribution >= 4 is 53.2 Å². The molecule has 4 atom stereocenters. The smallest absolute Gasteiger partial charge is 0.467 e. The Morgan fingerprint density at radius 3 is 1.39 bits per heavy atom. The minimum atomic E-state index is -1.07. The molecule has 1 aliphatic heterocycles. The summed E-state index contributed by atoms with van der Waals surface area (Å²) in [6.07, 6.45) is 4.13. The molecule has 0 bridgehead atoms. The van der Waals surface area contributed by atoms with Crippen LogP contribution < -0.4 is 10.6 Å². The summed E-state index contributed by atoms with van der Waals surface area (Å²) in [4.78, 5) is 49.7. The van der Waals surface area contributed by atoms with Crippen LogP contribution in [0.1, 0.15) is 106 Å². The Kier molecular flexibility index (Phi) is 18.0. The van der Waals surface area contributed by atoms with Crippen LogP contribution in [0.3, 0.4) is 0 Å². The van der Waals surface area contributed by atoms with E-state index in [0.29, 0.717) is 25.7 Å². The van der Waals surface area contributed by atoms with E-state index in [-0.39, 0.29) is 43.4 Å². The molecule has 3 fully saturated rings. The van der Waals surface area contributed by atoms with Crippen LogP contribution in [0.5, 0.6) is 0 Å². The minimum absolute atomic E-state index is 0.149. The first kappa shape index (κ1) is 51.3. The van der Waals surface area contributed by atoms with E-state index in [2.05, 4.69) is 39.7 Å². The standard InChI is InChI=1S/C23H25NO4.C21H22BrNO4.C8H15BO2/c1-3-17-9-11-19(12-10-17)20-13-14-23(15-20,21(25)27-2)24-22(26)28-16-18-7-5-4-6-8-18;1-26-19(24)21(23-20(25)27-14-15-5-3-2-4-6-15)12-11-17(13-21)16-7-9-18(22)10-8-16;1-6-9-10-7(2,3)8(4,5)11-9/h3-12,20H,1,13-16H2,2H3,(H,24,26);2-10,17H,11-14H2,1H3,(H,23,25);6H,1H2,2-5H3/t20-,23-;17-,21-;/m11./s1. The highest BCUT2D eigenvalue weighted by molar-refractivity contribution is 9.10. The molecule has 2 N–H and O–H groups in total. The van der Waals surface area contributed by atoms with E-state index in [0.717, 1.165) is 45.1 Å². The van der Waals surface area contributed by atoms with Gasteiger partial charge in [0.15, 0.2) is 0 Å². The molecule has 2 saturated carbocycles. The molecular formula is C52H62BBrN2O10. The zero-order valence-electron chi connectivity index (χ0n) is 38.8. The number of ether oxygens (including phenoxy) is 4. The Morgan fingerprint density at radius 2 is 1.05 bits per heavy atom. The first-order chi connectivity index (χ1) is 31.5. The van der Waals surface area contributed by atoms with Gasteiger partial charge in [-0.1, -0.05) is 132 Å². The van der Waals surface area contributed by atoms with Crippen molar-refractivity contribution in [3.8, 4) is 0 Å². The van der Waals surface area contributed by atoms with Crippen LogP contribution >= 0.6 is 15.9 Å². The van der Waals surface area contributed by atoms with Gasteiger partial charge in [-0.2, -0.15) is 0 Å². The Morgan fingerprint density at radius 1 is 0.652 bits per heavy atom. The van der Waals surface area contributed by atoms with Gasteiger partial charge in [-0.05, 0) is 118 Å². The van der Waals surface area contributed by atoms with Crippen LogP contribution in [0.4, 0.5) is 9.59 Å². The van der Waals surface area contributed by atoms with Crippen LogP contribution in [0.2, 0.25) is 0 Å². The van der Waals surface area contributed by atoms with Gasteiger partial charge in [0.05, 0.1) is 25.4 Å². The number of carbonyl (C=O) groups excluding carboxylic acids is 4. The lowest BCUT2D eigenvalue weighted by molar-refractivity contribution is -0.149. The molecule has 0 radical (unpaired) electrons. The SMILES string of the molecule is C=CB1OC(C)(C)C(C)(C)O1.C=Cc1ccc([C@@H]2CC[C@](NC(=O)OCc3ccccc3)(C(=O)OC)C2)cc1.COC(=O)[C@@]1(NC(=O)OCc2ccccc2)CC[C@@H](c2ccc(Br)cc2)C1. The summed E-state index contributed by atoms with van der Waals surface area (Å²) < 4.78 is 32.8. The molecular weight excluding hydrogens is 903 g/mol. The number of carbonyl (C=O) groups is 4. The van der Waals surface area contributed by atoms with Crippen molar-refractivity contribution in [2.24, 2.45) is 0 Å². The maximum Gasteiger partial charge on any atom is 0.486 e. The van der Waals surface area contributed by atoms with Crippen LogP contribution in [-0.4, -0.2) is 67.7 Å². The predicted molar refractivity (Wildman–Crippen MR) is 259 cm³/mol. The fraction of sp³-hybridized carbons (Fsp3) is 0.385. The number of halogens is 1. The van der Waals surface area contributed by atoms with Crippen LogP contribution in [0, 0.1) is 0 Å². The highest BCUT2D eigenvalue weighted by Crippen LogP contribution is 2.43. The number of alkyl carbamates (subject to hydrolysis) is 2. The first-order valence-corrected chi connectivity index (χ1v) is 22.9. The Hall–Kier alpha value is -5.70. The number of benzene rings is 4. The van der Waals surface area contributed by atoms with E-state index in [4.69, 9.17) is 28.3 Å². The van der Waals surface area contributed by atoms with Crippen molar-refractivity contribution in [3.05, 3.63) is 161 Å². The molecule has 66 heavy (non-hydrogen) atoms. The summed E-state index contributed by atoms with van der Waals surface area (Å²) >= 11 is 3.43. The van der Waals surface area contributed by atoms with Gasteiger partial charge in [-0.3, -0.25) is 0 Å². The van der Waals surface area contributed by atoms with E-state index in [1.807, 2.05) is 137 Å². The second-order valence-electron chi connectivity index (χ2n) is 17.7. The van der Waals surface area contributed by atoms with Crippen molar-refractivity contribution in [1.82, 2.24) is 10.6 Å². The average Bonchev–Trinajstić information content (AvgIpc) is 4.02. The molecule has 4 aromatic rings. The zero-order valence-corrected chi connectivity index (χ0v) is 40.4. The third-order valence-corrected chi connectivity index (χ3v) is 13.3. The second-order valence-corrected chi connectivity index (χ2v) is 18.6. The highest BCUT2D eigenvalue weighted by atomic mass is 79.9. The molecule has 14 heteroatoms. The van der Waals surface area contributed by atoms with Crippen molar-refractivity contribution in [1.29, 1.82) is 0 Å². The fourth-order valence-corrected chi connectivity index (χ4v) is 8.55. The van der Waals surface area contributed by atoms with Gasteiger partial charge in [0, 0.05) is 4.47 Å². The van der Waals surface area contributed by atoms with E-state index >= 15 is 0 Å². The monoisotopic (exact) mass is 964 g/mol. The maximum absolute atomic E-state index is 12.5. The number of nitrogens with one attached hydrogen (secondary N) is 2. The van der Waals surface area contributed by atoms with Gasteiger partial charge >= 0.3 is 31.2 Å². The molecule has 0 unspecified atom stereocenters. The molecule has 1 heterocycles. The highest BCUT2D eigenvalue weighted by Gasteiger charge is 2.51.